The van der Waals surface area contributed by atoms with Crippen LogP contribution in [0.3, 0.4) is 0 Å². The molecule has 0 saturated heterocycles. The molecule has 18 heavy (non-hydrogen) atoms. The highest BCUT2D eigenvalue weighted by molar-refractivity contribution is 7.09. The fraction of sp³-hybridized carbons (Fsp3) is 0.500. The van der Waals surface area contributed by atoms with Crippen molar-refractivity contribution in [2.45, 2.75) is 32.7 Å². The first-order valence-corrected chi connectivity index (χ1v) is 6.31. The van der Waals surface area contributed by atoms with Crippen LogP contribution >= 0.6 is 11.3 Å². The molecule has 0 spiro atoms. The summed E-state index contributed by atoms with van der Waals surface area (Å²) in [5.74, 6) is -0.586. The Bertz CT molecular complexity index is 578. The average Bonchev–Trinajstić information content (AvgIpc) is 2.95. The Balaban J connectivity index is 2.54. The number of aryl methyl sites for hydroxylation is 1. The van der Waals surface area contributed by atoms with Gasteiger partial charge in [0.1, 0.15) is 5.69 Å². The Morgan fingerprint density at radius 1 is 1.61 bits per heavy atom. The van der Waals surface area contributed by atoms with Gasteiger partial charge in [-0.25, -0.2) is 14.5 Å². The van der Waals surface area contributed by atoms with E-state index in [2.05, 4.69) is 20.5 Å². The molecule has 2 aromatic rings. The van der Waals surface area contributed by atoms with Gasteiger partial charge in [-0.05, 0) is 30.7 Å². The molecule has 96 valence electrons. The molecule has 8 heteroatoms. The second-order valence-electron chi connectivity index (χ2n) is 4.10. The number of hydrogen-bond acceptors (Lipinski definition) is 6. The normalized spacial score (nSPS) is 14.4. The Hall–Kier alpha value is -1.83. The highest BCUT2D eigenvalue weighted by Crippen LogP contribution is 2.26. The maximum Gasteiger partial charge on any atom is 0.331 e. The van der Waals surface area contributed by atoms with Gasteiger partial charge in [0.05, 0.1) is 5.01 Å². The lowest BCUT2D eigenvalue weighted by molar-refractivity contribution is -0.147. The van der Waals surface area contributed by atoms with E-state index in [0.717, 1.165) is 5.01 Å². The third kappa shape index (κ3) is 1.88. The Kier molecular flexibility index (Phi) is 3.12. The Morgan fingerprint density at radius 3 is 2.83 bits per heavy atom. The fourth-order valence-corrected chi connectivity index (χ4v) is 2.13. The van der Waals surface area contributed by atoms with Crippen LogP contribution in [0.4, 0.5) is 0 Å². The monoisotopic (exact) mass is 267 g/mol. The van der Waals surface area contributed by atoms with Crippen LogP contribution in [0.15, 0.2) is 5.38 Å². The maximum atomic E-state index is 11.4. The lowest BCUT2D eigenvalue weighted by Gasteiger charge is -2.23. The van der Waals surface area contributed by atoms with Crippen molar-refractivity contribution in [1.29, 1.82) is 0 Å². The first kappa shape index (κ1) is 12.6. The molecule has 2 aromatic heterocycles. The van der Waals surface area contributed by atoms with Crippen LogP contribution in [0.5, 0.6) is 0 Å². The summed E-state index contributed by atoms with van der Waals surface area (Å²) >= 11 is 1.47. The topological polar surface area (TPSA) is 93.8 Å². The van der Waals surface area contributed by atoms with Gasteiger partial charge in [0.2, 0.25) is 5.82 Å². The minimum Gasteiger partial charge on any atom is -0.479 e. The van der Waals surface area contributed by atoms with Gasteiger partial charge < -0.3 is 5.11 Å². The lowest BCUT2D eigenvalue weighted by Crippen LogP contribution is -2.39. The number of hydrogen-bond donors (Lipinski definition) is 1. The second-order valence-corrected chi connectivity index (χ2v) is 5.16. The van der Waals surface area contributed by atoms with Crippen molar-refractivity contribution < 1.29 is 9.90 Å². The van der Waals surface area contributed by atoms with Crippen molar-refractivity contribution in [3.63, 3.8) is 0 Å². The minimum absolute atomic E-state index is 0.378. The quantitative estimate of drug-likeness (QED) is 0.897. The zero-order chi connectivity index (χ0) is 13.3. The summed E-state index contributed by atoms with van der Waals surface area (Å²) in [7, 11) is 0. The number of tetrazole rings is 1. The minimum atomic E-state index is -1.17. The van der Waals surface area contributed by atoms with Gasteiger partial charge in [-0.3, -0.25) is 0 Å². The summed E-state index contributed by atoms with van der Waals surface area (Å²) in [4.78, 5) is 15.7. The molecular weight excluding hydrogens is 254 g/mol. The molecule has 0 fully saturated rings. The summed E-state index contributed by atoms with van der Waals surface area (Å²) in [6.45, 7) is 5.25. The van der Waals surface area contributed by atoms with E-state index in [-0.39, 0.29) is 0 Å². The van der Waals surface area contributed by atoms with E-state index in [1.807, 2.05) is 12.3 Å². The zero-order valence-electron chi connectivity index (χ0n) is 10.3. The first-order valence-electron chi connectivity index (χ1n) is 5.43. The number of aliphatic carboxylic acids is 1. The number of carboxylic acid groups (broad SMARTS) is 1. The molecular formula is C10H13N5O2S. The fourth-order valence-electron chi connectivity index (χ4n) is 1.54. The summed E-state index contributed by atoms with van der Waals surface area (Å²) in [6, 6.07) is 0. The van der Waals surface area contributed by atoms with Crippen molar-refractivity contribution in [1.82, 2.24) is 25.2 Å². The number of rotatable bonds is 4. The molecule has 2 rings (SSSR count). The first-order chi connectivity index (χ1) is 8.49. The van der Waals surface area contributed by atoms with E-state index in [4.69, 9.17) is 0 Å². The largest absolute Gasteiger partial charge is 0.479 e. The van der Waals surface area contributed by atoms with Gasteiger partial charge in [-0.1, -0.05) is 6.92 Å². The summed E-state index contributed by atoms with van der Waals surface area (Å²) in [6.07, 6.45) is 0.378. The zero-order valence-corrected chi connectivity index (χ0v) is 11.1. The van der Waals surface area contributed by atoms with Gasteiger partial charge in [-0.2, -0.15) is 0 Å². The third-order valence-corrected chi connectivity index (χ3v) is 3.71. The predicted octanol–water partition coefficient (Wildman–Crippen LogP) is 1.31. The number of carbonyl (C=O) groups is 1. The van der Waals surface area contributed by atoms with Gasteiger partial charge in [0.15, 0.2) is 5.54 Å². The Labute approximate surface area is 107 Å². The molecule has 1 N–H and O–H groups in total. The molecule has 0 radical (unpaired) electrons. The van der Waals surface area contributed by atoms with Crippen LogP contribution in [-0.4, -0.2) is 36.3 Å². The van der Waals surface area contributed by atoms with E-state index in [1.54, 1.807) is 13.8 Å². The van der Waals surface area contributed by atoms with Crippen LogP contribution in [0.25, 0.3) is 11.5 Å². The summed E-state index contributed by atoms with van der Waals surface area (Å²) < 4.78 is 1.32. The average molecular weight is 267 g/mol. The van der Waals surface area contributed by atoms with Crippen LogP contribution in [0.2, 0.25) is 0 Å². The highest BCUT2D eigenvalue weighted by atomic mass is 32.1. The molecule has 0 aliphatic heterocycles. The van der Waals surface area contributed by atoms with Gasteiger partial charge >= 0.3 is 5.97 Å². The molecule has 1 atom stereocenters. The van der Waals surface area contributed by atoms with Crippen LogP contribution < -0.4 is 0 Å². The van der Waals surface area contributed by atoms with Crippen molar-refractivity contribution in [2.24, 2.45) is 0 Å². The van der Waals surface area contributed by atoms with Crippen molar-refractivity contribution in [2.75, 3.05) is 0 Å². The molecule has 2 heterocycles. The lowest BCUT2D eigenvalue weighted by atomic mass is 9.99. The predicted molar refractivity (Wildman–Crippen MR) is 65.2 cm³/mol. The van der Waals surface area contributed by atoms with Gasteiger partial charge in [-0.15, -0.1) is 16.4 Å². The Morgan fingerprint density at radius 2 is 2.33 bits per heavy atom. The molecule has 0 bridgehead atoms. The smallest absolute Gasteiger partial charge is 0.331 e. The standard InChI is InChI=1S/C10H13N5O2S/c1-4-10(3,9(16)17)15-8(12-13-14-15)7-5-18-6(2)11-7/h5H,4H2,1-3H3,(H,16,17). The van der Waals surface area contributed by atoms with E-state index in [1.165, 1.54) is 16.0 Å². The van der Waals surface area contributed by atoms with Crippen LogP contribution in [-0.2, 0) is 10.3 Å². The van der Waals surface area contributed by atoms with Crippen LogP contribution in [0, 0.1) is 6.92 Å². The maximum absolute atomic E-state index is 11.4. The molecule has 0 aliphatic rings. The molecule has 0 aromatic carbocycles. The van der Waals surface area contributed by atoms with E-state index >= 15 is 0 Å². The molecule has 0 aliphatic carbocycles. The van der Waals surface area contributed by atoms with E-state index in [9.17, 15) is 9.90 Å². The number of carboxylic acids is 1. The SMILES string of the molecule is CCC(C)(C(=O)O)n1nnnc1-c1csc(C)n1. The number of thiazole rings is 1. The summed E-state index contributed by atoms with van der Waals surface area (Å²) in [5, 5.41) is 23.3. The van der Waals surface area contributed by atoms with Crippen LogP contribution in [0.1, 0.15) is 25.3 Å². The van der Waals surface area contributed by atoms with Crippen molar-refractivity contribution in [3.8, 4) is 11.5 Å². The van der Waals surface area contributed by atoms with E-state index < -0.39 is 11.5 Å². The summed E-state index contributed by atoms with van der Waals surface area (Å²) in [5.41, 5.74) is -0.570. The van der Waals surface area contributed by atoms with Gasteiger partial charge in [0.25, 0.3) is 0 Å². The van der Waals surface area contributed by atoms with Crippen molar-refractivity contribution in [3.05, 3.63) is 10.4 Å². The molecule has 1 unspecified atom stereocenters. The highest BCUT2D eigenvalue weighted by Gasteiger charge is 2.37. The van der Waals surface area contributed by atoms with Gasteiger partial charge in [0, 0.05) is 5.38 Å². The van der Waals surface area contributed by atoms with E-state index in [0.29, 0.717) is 17.9 Å². The third-order valence-electron chi connectivity index (χ3n) is 2.93. The molecule has 0 amide bonds. The molecule has 0 saturated carbocycles. The van der Waals surface area contributed by atoms with Crippen molar-refractivity contribution >= 4 is 17.3 Å². The number of aromatic nitrogens is 5. The molecule has 7 nitrogen and oxygen atoms in total. The number of nitrogens with zero attached hydrogens (tertiary/aromatic N) is 5. The second kappa shape index (κ2) is 4.45.